The van der Waals surface area contributed by atoms with Crippen LogP contribution in [0.25, 0.3) is 0 Å². The van der Waals surface area contributed by atoms with E-state index in [1.807, 2.05) is 0 Å². The number of hydrogen-bond acceptors (Lipinski definition) is 2. The molecule has 0 saturated carbocycles. The lowest BCUT2D eigenvalue weighted by Crippen LogP contribution is -2.48. The zero-order chi connectivity index (χ0) is 13.9. The third kappa shape index (κ3) is 3.62. The summed E-state index contributed by atoms with van der Waals surface area (Å²) in [6, 6.07) is 1.22. The Balaban J connectivity index is 1.85. The monoisotopic (exact) mass is 276 g/mol. The van der Waals surface area contributed by atoms with Crippen molar-refractivity contribution in [3.8, 4) is 0 Å². The van der Waals surface area contributed by atoms with Crippen LogP contribution in [0.15, 0.2) is 12.3 Å². The summed E-state index contributed by atoms with van der Waals surface area (Å²) >= 11 is 0. The summed E-state index contributed by atoms with van der Waals surface area (Å²) in [4.78, 5) is 13.0. The van der Waals surface area contributed by atoms with Crippen LogP contribution in [0.3, 0.4) is 0 Å². The van der Waals surface area contributed by atoms with Gasteiger partial charge in [0.15, 0.2) is 0 Å². The Morgan fingerprint density at radius 3 is 3.00 bits per heavy atom. The lowest BCUT2D eigenvalue weighted by molar-refractivity contribution is -0.184. The molecule has 106 valence electrons. The smallest absolute Gasteiger partial charge is 0.332 e. The lowest BCUT2D eigenvalue weighted by Gasteiger charge is -2.33. The van der Waals surface area contributed by atoms with Crippen LogP contribution in [0, 0.1) is 5.92 Å². The molecule has 0 spiro atoms. The summed E-state index contributed by atoms with van der Waals surface area (Å²) in [7, 11) is 0. The molecule has 1 aromatic rings. The van der Waals surface area contributed by atoms with Crippen molar-refractivity contribution in [3.05, 3.63) is 18.0 Å². The second-order valence-electron chi connectivity index (χ2n) is 4.57. The van der Waals surface area contributed by atoms with E-state index in [1.165, 1.54) is 4.90 Å². The third-order valence-electron chi connectivity index (χ3n) is 3.16. The lowest BCUT2D eigenvalue weighted by atomic mass is 9.98. The molecule has 0 aromatic carbocycles. The van der Waals surface area contributed by atoms with Crippen molar-refractivity contribution < 1.29 is 18.0 Å². The first-order valence-corrected chi connectivity index (χ1v) is 6.04. The highest BCUT2D eigenvalue weighted by atomic mass is 19.4. The van der Waals surface area contributed by atoms with E-state index in [1.54, 1.807) is 12.3 Å². The normalized spacial score (nSPS) is 20.4. The maximum Gasteiger partial charge on any atom is 0.393 e. The SMILES string of the molecule is O=C(NCc1ccn[nH]1)N1CCC[C@@H](C(F)(F)F)C1. The van der Waals surface area contributed by atoms with Crippen LogP contribution in [-0.2, 0) is 6.54 Å². The zero-order valence-electron chi connectivity index (χ0n) is 10.2. The molecule has 2 rings (SSSR count). The van der Waals surface area contributed by atoms with Crippen molar-refractivity contribution in [3.63, 3.8) is 0 Å². The minimum Gasteiger partial charge on any atom is -0.332 e. The topological polar surface area (TPSA) is 61.0 Å². The second-order valence-corrected chi connectivity index (χ2v) is 4.57. The largest absolute Gasteiger partial charge is 0.393 e. The van der Waals surface area contributed by atoms with Crippen LogP contribution in [0.2, 0.25) is 0 Å². The van der Waals surface area contributed by atoms with E-state index in [0.29, 0.717) is 18.7 Å². The van der Waals surface area contributed by atoms with Crippen LogP contribution in [0.1, 0.15) is 18.5 Å². The van der Waals surface area contributed by atoms with Crippen molar-refractivity contribution in [1.29, 1.82) is 0 Å². The first kappa shape index (κ1) is 13.7. The molecule has 19 heavy (non-hydrogen) atoms. The molecule has 0 aliphatic carbocycles. The molecule has 0 bridgehead atoms. The average molecular weight is 276 g/mol. The Hall–Kier alpha value is -1.73. The van der Waals surface area contributed by atoms with E-state index < -0.39 is 18.1 Å². The number of nitrogens with zero attached hydrogens (tertiary/aromatic N) is 2. The molecule has 1 saturated heterocycles. The van der Waals surface area contributed by atoms with Gasteiger partial charge in [0.05, 0.1) is 18.2 Å². The number of carbonyl (C=O) groups is 1. The standard InChI is InChI=1S/C11H15F3N4O/c12-11(13,14)8-2-1-5-18(7-8)10(19)15-6-9-3-4-16-17-9/h3-4,8H,1-2,5-7H2,(H,15,19)(H,16,17)/t8-/m1/s1. The van der Waals surface area contributed by atoms with Gasteiger partial charge in [0.2, 0.25) is 0 Å². The Kier molecular flexibility index (Phi) is 3.96. The van der Waals surface area contributed by atoms with Gasteiger partial charge in [-0.3, -0.25) is 5.10 Å². The number of piperidine rings is 1. The summed E-state index contributed by atoms with van der Waals surface area (Å²) in [6.07, 6.45) is -2.22. The van der Waals surface area contributed by atoms with Gasteiger partial charge in [0, 0.05) is 19.3 Å². The Morgan fingerprint density at radius 1 is 1.58 bits per heavy atom. The van der Waals surface area contributed by atoms with Gasteiger partial charge in [0.1, 0.15) is 0 Å². The number of carbonyl (C=O) groups excluding carboxylic acids is 1. The predicted octanol–water partition coefficient (Wildman–Crippen LogP) is 1.89. The Bertz CT molecular complexity index is 418. The summed E-state index contributed by atoms with van der Waals surface area (Å²) < 4.78 is 37.8. The average Bonchev–Trinajstić information content (AvgIpc) is 2.88. The molecule has 5 nitrogen and oxygen atoms in total. The predicted molar refractivity (Wildman–Crippen MR) is 61.2 cm³/mol. The van der Waals surface area contributed by atoms with Crippen LogP contribution in [0.5, 0.6) is 0 Å². The summed E-state index contributed by atoms with van der Waals surface area (Å²) in [6.45, 7) is 0.325. The van der Waals surface area contributed by atoms with Gasteiger partial charge in [-0.15, -0.1) is 0 Å². The van der Waals surface area contributed by atoms with Gasteiger partial charge in [-0.1, -0.05) is 0 Å². The molecule has 1 aliphatic rings. The highest BCUT2D eigenvalue weighted by molar-refractivity contribution is 5.74. The number of urea groups is 1. The number of H-pyrrole nitrogens is 1. The number of alkyl halides is 3. The number of nitrogens with one attached hydrogen (secondary N) is 2. The zero-order valence-corrected chi connectivity index (χ0v) is 10.2. The highest BCUT2D eigenvalue weighted by Gasteiger charge is 2.42. The molecular formula is C11H15F3N4O. The summed E-state index contributed by atoms with van der Waals surface area (Å²) in [5, 5.41) is 8.96. The van der Waals surface area contributed by atoms with Crippen molar-refractivity contribution in [2.75, 3.05) is 13.1 Å². The molecule has 1 fully saturated rings. The van der Waals surface area contributed by atoms with E-state index >= 15 is 0 Å². The van der Waals surface area contributed by atoms with E-state index in [9.17, 15) is 18.0 Å². The van der Waals surface area contributed by atoms with Crippen molar-refractivity contribution >= 4 is 6.03 Å². The first-order chi connectivity index (χ1) is 8.97. The molecule has 2 heterocycles. The maximum atomic E-state index is 12.6. The number of aromatic nitrogens is 2. The first-order valence-electron chi connectivity index (χ1n) is 6.04. The second kappa shape index (κ2) is 5.50. The number of aromatic amines is 1. The van der Waals surface area contributed by atoms with Gasteiger partial charge in [-0.2, -0.15) is 18.3 Å². The fourth-order valence-electron chi connectivity index (χ4n) is 2.09. The van der Waals surface area contributed by atoms with E-state index in [2.05, 4.69) is 15.5 Å². The fourth-order valence-corrected chi connectivity index (χ4v) is 2.09. The molecule has 2 N–H and O–H groups in total. The number of likely N-dealkylation sites (tertiary alicyclic amines) is 1. The number of hydrogen-bond donors (Lipinski definition) is 2. The minimum absolute atomic E-state index is 0.0911. The van der Waals surface area contributed by atoms with Crippen LogP contribution in [0.4, 0.5) is 18.0 Å². The quantitative estimate of drug-likeness (QED) is 0.866. The van der Waals surface area contributed by atoms with E-state index in [0.717, 1.165) is 0 Å². The number of rotatable bonds is 2. The molecule has 2 amide bonds. The Labute approximate surface area is 108 Å². The third-order valence-corrected chi connectivity index (χ3v) is 3.16. The molecule has 1 aromatic heterocycles. The number of halogens is 3. The molecule has 0 radical (unpaired) electrons. The fraction of sp³-hybridized carbons (Fsp3) is 0.636. The highest BCUT2D eigenvalue weighted by Crippen LogP contribution is 2.33. The Morgan fingerprint density at radius 2 is 2.37 bits per heavy atom. The van der Waals surface area contributed by atoms with Crippen molar-refractivity contribution in [1.82, 2.24) is 20.4 Å². The summed E-state index contributed by atoms with van der Waals surface area (Å²) in [5.41, 5.74) is 0.706. The van der Waals surface area contributed by atoms with Gasteiger partial charge >= 0.3 is 12.2 Å². The van der Waals surface area contributed by atoms with Gasteiger partial charge in [0.25, 0.3) is 0 Å². The molecule has 0 unspecified atom stereocenters. The maximum absolute atomic E-state index is 12.6. The van der Waals surface area contributed by atoms with Gasteiger partial charge in [-0.05, 0) is 18.9 Å². The van der Waals surface area contributed by atoms with Crippen molar-refractivity contribution in [2.45, 2.75) is 25.6 Å². The summed E-state index contributed by atoms with van der Waals surface area (Å²) in [5.74, 6) is -1.42. The molecule has 1 atom stereocenters. The van der Waals surface area contributed by atoms with Crippen LogP contribution < -0.4 is 5.32 Å². The van der Waals surface area contributed by atoms with Crippen molar-refractivity contribution in [2.24, 2.45) is 5.92 Å². The molecular weight excluding hydrogens is 261 g/mol. The minimum atomic E-state index is -4.23. The van der Waals surface area contributed by atoms with Gasteiger partial charge in [-0.25, -0.2) is 4.79 Å². The van der Waals surface area contributed by atoms with Crippen LogP contribution >= 0.6 is 0 Å². The van der Waals surface area contributed by atoms with Gasteiger partial charge < -0.3 is 10.2 Å². The number of amides is 2. The van der Waals surface area contributed by atoms with E-state index in [4.69, 9.17) is 0 Å². The molecule has 8 heteroatoms. The molecule has 1 aliphatic heterocycles. The van der Waals surface area contributed by atoms with E-state index in [-0.39, 0.29) is 19.5 Å². The van der Waals surface area contributed by atoms with Crippen LogP contribution in [-0.4, -0.2) is 40.4 Å².